The maximum atomic E-state index is 12.1. The standard InChI is InChI=1S/C11H19N3O5S/c1-7(15)9-4-3-5-14(9)10(16)6-8(11(12)17)13-20(2,18)19/h8-9,13H,3-6H2,1-2H3,(H2,12,17)/t8?,9-/m1/s1. The lowest BCUT2D eigenvalue weighted by molar-refractivity contribution is -0.138. The maximum Gasteiger partial charge on any atom is 0.236 e. The van der Waals surface area contributed by atoms with Crippen LogP contribution in [0.4, 0.5) is 0 Å². The van der Waals surface area contributed by atoms with Crippen LogP contribution >= 0.6 is 0 Å². The topological polar surface area (TPSA) is 127 Å². The molecule has 0 spiro atoms. The molecule has 3 N–H and O–H groups in total. The fourth-order valence-corrected chi connectivity index (χ4v) is 2.95. The molecule has 8 nitrogen and oxygen atoms in total. The van der Waals surface area contributed by atoms with Gasteiger partial charge in [0.2, 0.25) is 21.8 Å². The summed E-state index contributed by atoms with van der Waals surface area (Å²) in [6, 6.07) is -1.79. The molecule has 0 aromatic heterocycles. The third kappa shape index (κ3) is 4.57. The first-order chi connectivity index (χ1) is 9.11. The van der Waals surface area contributed by atoms with Gasteiger partial charge in [0, 0.05) is 6.54 Å². The third-order valence-electron chi connectivity index (χ3n) is 3.12. The van der Waals surface area contributed by atoms with Gasteiger partial charge in [-0.1, -0.05) is 0 Å². The lowest BCUT2D eigenvalue weighted by atomic mass is 10.1. The molecular weight excluding hydrogens is 286 g/mol. The molecule has 1 rings (SSSR count). The zero-order valence-electron chi connectivity index (χ0n) is 11.5. The van der Waals surface area contributed by atoms with Gasteiger partial charge in [0.1, 0.15) is 6.04 Å². The van der Waals surface area contributed by atoms with Crippen LogP contribution in [0, 0.1) is 0 Å². The Morgan fingerprint density at radius 1 is 1.40 bits per heavy atom. The molecule has 2 atom stereocenters. The van der Waals surface area contributed by atoms with Crippen molar-refractivity contribution in [2.75, 3.05) is 12.8 Å². The Labute approximate surface area is 117 Å². The average molecular weight is 305 g/mol. The summed E-state index contributed by atoms with van der Waals surface area (Å²) < 4.78 is 24.3. The fraction of sp³-hybridized carbons (Fsp3) is 0.727. The summed E-state index contributed by atoms with van der Waals surface area (Å²) in [5, 5.41) is 0. The summed E-state index contributed by atoms with van der Waals surface area (Å²) in [5.41, 5.74) is 5.08. The van der Waals surface area contributed by atoms with Crippen LogP contribution in [-0.2, 0) is 24.4 Å². The molecule has 9 heteroatoms. The van der Waals surface area contributed by atoms with E-state index in [0.29, 0.717) is 19.4 Å². The Kier molecular flexibility index (Phi) is 5.23. The smallest absolute Gasteiger partial charge is 0.236 e. The Hall–Kier alpha value is -1.48. The number of hydrogen-bond acceptors (Lipinski definition) is 5. The summed E-state index contributed by atoms with van der Waals surface area (Å²) in [5.74, 6) is -1.51. The van der Waals surface area contributed by atoms with Crippen molar-refractivity contribution in [2.45, 2.75) is 38.3 Å². The maximum absolute atomic E-state index is 12.1. The van der Waals surface area contributed by atoms with Crippen molar-refractivity contribution >= 4 is 27.6 Å². The number of carbonyl (C=O) groups is 3. The third-order valence-corrected chi connectivity index (χ3v) is 3.83. The second-order valence-electron chi connectivity index (χ2n) is 4.90. The number of hydrogen-bond donors (Lipinski definition) is 2. The number of ketones is 1. The van der Waals surface area contributed by atoms with Crippen LogP contribution in [0.15, 0.2) is 0 Å². The van der Waals surface area contributed by atoms with Crippen LogP contribution in [0.25, 0.3) is 0 Å². The van der Waals surface area contributed by atoms with Crippen molar-refractivity contribution in [2.24, 2.45) is 5.73 Å². The number of sulfonamides is 1. The number of nitrogens with one attached hydrogen (secondary N) is 1. The number of nitrogens with two attached hydrogens (primary N) is 1. The molecule has 1 saturated heterocycles. The fourth-order valence-electron chi connectivity index (χ4n) is 2.24. The minimum Gasteiger partial charge on any atom is -0.368 e. The van der Waals surface area contributed by atoms with Crippen LogP contribution in [-0.4, -0.2) is 55.8 Å². The minimum atomic E-state index is -3.66. The van der Waals surface area contributed by atoms with Crippen LogP contribution in [0.1, 0.15) is 26.2 Å². The zero-order chi connectivity index (χ0) is 15.5. The molecule has 1 aliphatic rings. The van der Waals surface area contributed by atoms with Gasteiger partial charge >= 0.3 is 0 Å². The van der Waals surface area contributed by atoms with E-state index in [2.05, 4.69) is 0 Å². The highest BCUT2D eigenvalue weighted by Crippen LogP contribution is 2.19. The van der Waals surface area contributed by atoms with Gasteiger partial charge in [0.15, 0.2) is 5.78 Å². The van der Waals surface area contributed by atoms with E-state index in [1.807, 2.05) is 4.72 Å². The molecule has 114 valence electrons. The molecule has 1 aliphatic heterocycles. The Bertz CT molecular complexity index is 516. The van der Waals surface area contributed by atoms with E-state index in [1.54, 1.807) is 0 Å². The molecule has 0 aromatic rings. The van der Waals surface area contributed by atoms with Crippen molar-refractivity contribution < 1.29 is 22.8 Å². The van der Waals surface area contributed by atoms with Gasteiger partial charge in [-0.25, -0.2) is 13.1 Å². The van der Waals surface area contributed by atoms with Gasteiger partial charge in [0.25, 0.3) is 0 Å². The van der Waals surface area contributed by atoms with Crippen LogP contribution in [0.2, 0.25) is 0 Å². The highest BCUT2D eigenvalue weighted by atomic mass is 32.2. The van der Waals surface area contributed by atoms with E-state index in [0.717, 1.165) is 6.26 Å². The molecule has 2 amide bonds. The second-order valence-corrected chi connectivity index (χ2v) is 6.68. The van der Waals surface area contributed by atoms with Crippen molar-refractivity contribution in [3.05, 3.63) is 0 Å². The summed E-state index contributed by atoms with van der Waals surface area (Å²) in [6.45, 7) is 1.82. The summed E-state index contributed by atoms with van der Waals surface area (Å²) in [6.07, 6.45) is 1.78. The van der Waals surface area contributed by atoms with Gasteiger partial charge in [-0.05, 0) is 19.8 Å². The monoisotopic (exact) mass is 305 g/mol. The minimum absolute atomic E-state index is 0.123. The Morgan fingerprint density at radius 3 is 2.45 bits per heavy atom. The molecule has 1 heterocycles. The van der Waals surface area contributed by atoms with E-state index in [9.17, 15) is 22.8 Å². The summed E-state index contributed by atoms with van der Waals surface area (Å²) >= 11 is 0. The zero-order valence-corrected chi connectivity index (χ0v) is 12.3. The molecule has 0 bridgehead atoms. The van der Waals surface area contributed by atoms with E-state index in [4.69, 9.17) is 5.73 Å². The lowest BCUT2D eigenvalue weighted by Gasteiger charge is -2.24. The van der Waals surface area contributed by atoms with Crippen molar-refractivity contribution in [1.82, 2.24) is 9.62 Å². The molecule has 1 unspecified atom stereocenters. The SMILES string of the molecule is CC(=O)[C@H]1CCCN1C(=O)CC(NS(C)(=O)=O)C(N)=O. The molecule has 20 heavy (non-hydrogen) atoms. The van der Waals surface area contributed by atoms with Crippen LogP contribution in [0.3, 0.4) is 0 Å². The van der Waals surface area contributed by atoms with Crippen molar-refractivity contribution in [3.8, 4) is 0 Å². The van der Waals surface area contributed by atoms with Crippen LogP contribution < -0.4 is 10.5 Å². The molecule has 1 fully saturated rings. The normalized spacial score (nSPS) is 20.7. The van der Waals surface area contributed by atoms with Crippen molar-refractivity contribution in [3.63, 3.8) is 0 Å². The summed E-state index contributed by atoms with van der Waals surface area (Å²) in [4.78, 5) is 36.1. The molecule has 0 saturated carbocycles. The second kappa shape index (κ2) is 6.31. The van der Waals surface area contributed by atoms with Gasteiger partial charge in [-0.2, -0.15) is 0 Å². The number of Topliss-reactive ketones (excluding diaryl/α,β-unsaturated/α-hetero) is 1. The number of nitrogens with zero attached hydrogens (tertiary/aromatic N) is 1. The predicted octanol–water partition coefficient (Wildman–Crippen LogP) is -1.64. The Balaban J connectivity index is 2.76. The number of rotatable bonds is 6. The largest absolute Gasteiger partial charge is 0.368 e. The van der Waals surface area contributed by atoms with E-state index >= 15 is 0 Å². The van der Waals surface area contributed by atoms with Gasteiger partial charge < -0.3 is 10.6 Å². The first-order valence-corrected chi connectivity index (χ1v) is 8.07. The first-order valence-electron chi connectivity index (χ1n) is 6.18. The molecule has 0 aromatic carbocycles. The van der Waals surface area contributed by atoms with E-state index in [1.165, 1.54) is 11.8 Å². The van der Waals surface area contributed by atoms with E-state index < -0.39 is 33.9 Å². The Morgan fingerprint density at radius 2 is 2.00 bits per heavy atom. The quantitative estimate of drug-likeness (QED) is 0.608. The predicted molar refractivity (Wildman–Crippen MR) is 71.0 cm³/mol. The highest BCUT2D eigenvalue weighted by Gasteiger charge is 2.34. The molecule has 0 radical (unpaired) electrons. The number of likely N-dealkylation sites (tertiary alicyclic amines) is 1. The van der Waals surface area contributed by atoms with Crippen LogP contribution in [0.5, 0.6) is 0 Å². The van der Waals surface area contributed by atoms with Gasteiger partial charge in [-0.15, -0.1) is 0 Å². The lowest BCUT2D eigenvalue weighted by Crippen LogP contribution is -2.48. The number of primary amides is 1. The van der Waals surface area contributed by atoms with E-state index in [-0.39, 0.29) is 12.2 Å². The van der Waals surface area contributed by atoms with Gasteiger partial charge in [-0.3, -0.25) is 14.4 Å². The first kappa shape index (κ1) is 16.6. The number of carbonyl (C=O) groups excluding carboxylic acids is 3. The van der Waals surface area contributed by atoms with Crippen molar-refractivity contribution in [1.29, 1.82) is 0 Å². The molecular formula is C11H19N3O5S. The van der Waals surface area contributed by atoms with Gasteiger partial charge in [0.05, 0.1) is 18.7 Å². The highest BCUT2D eigenvalue weighted by molar-refractivity contribution is 7.88. The average Bonchev–Trinajstić information content (AvgIpc) is 2.74. The summed E-state index contributed by atoms with van der Waals surface area (Å²) in [7, 11) is -3.66. The number of amides is 2. The molecule has 0 aliphatic carbocycles.